The zero-order valence-electron chi connectivity index (χ0n) is 12.6. The number of amides is 1. The summed E-state index contributed by atoms with van der Waals surface area (Å²) in [5.41, 5.74) is 5.05. The zero-order chi connectivity index (χ0) is 16.2. The number of nitrogens with two attached hydrogens (primary N) is 1. The van der Waals surface area contributed by atoms with Gasteiger partial charge in [0.25, 0.3) is 0 Å². The van der Waals surface area contributed by atoms with Crippen molar-refractivity contribution in [2.45, 2.75) is 18.9 Å². The Morgan fingerprint density at radius 1 is 1.48 bits per heavy atom. The fourth-order valence-electron chi connectivity index (χ4n) is 2.59. The maximum Gasteiger partial charge on any atom is 0.227 e. The Hall–Kier alpha value is -0.920. The van der Waals surface area contributed by atoms with Crippen LogP contribution in [0.4, 0.5) is 4.39 Å². The van der Waals surface area contributed by atoms with Gasteiger partial charge in [0.15, 0.2) is 0 Å². The molecular formula is C15H21Cl2FN2O3. The highest BCUT2D eigenvalue weighted by atomic mass is 35.5. The van der Waals surface area contributed by atoms with Gasteiger partial charge in [0.05, 0.1) is 5.41 Å². The number of halogens is 3. The molecular weight excluding hydrogens is 346 g/mol. The quantitative estimate of drug-likeness (QED) is 0.741. The molecule has 4 N–H and O–H groups in total. The van der Waals surface area contributed by atoms with Crippen LogP contribution in [-0.2, 0) is 9.53 Å². The van der Waals surface area contributed by atoms with Crippen LogP contribution >= 0.6 is 24.0 Å². The fourth-order valence-corrected chi connectivity index (χ4v) is 2.88. The van der Waals surface area contributed by atoms with Gasteiger partial charge in [-0.1, -0.05) is 17.7 Å². The van der Waals surface area contributed by atoms with Gasteiger partial charge >= 0.3 is 0 Å². The van der Waals surface area contributed by atoms with E-state index in [-0.39, 0.29) is 42.0 Å². The van der Waals surface area contributed by atoms with E-state index in [4.69, 9.17) is 22.1 Å². The Labute approximate surface area is 145 Å². The average molecular weight is 367 g/mol. The van der Waals surface area contributed by atoms with Gasteiger partial charge in [-0.25, -0.2) is 4.39 Å². The van der Waals surface area contributed by atoms with Crippen molar-refractivity contribution >= 4 is 29.9 Å². The van der Waals surface area contributed by atoms with E-state index < -0.39 is 17.3 Å². The second-order valence-corrected chi connectivity index (χ2v) is 5.87. The highest BCUT2D eigenvalue weighted by Crippen LogP contribution is 2.30. The average Bonchev–Trinajstić information content (AvgIpc) is 2.53. The van der Waals surface area contributed by atoms with Crippen molar-refractivity contribution in [1.29, 1.82) is 0 Å². The van der Waals surface area contributed by atoms with Crippen LogP contribution in [0.25, 0.3) is 0 Å². The monoisotopic (exact) mass is 366 g/mol. The van der Waals surface area contributed by atoms with E-state index in [0.717, 1.165) is 0 Å². The van der Waals surface area contributed by atoms with Crippen molar-refractivity contribution < 1.29 is 19.0 Å². The van der Waals surface area contributed by atoms with E-state index in [2.05, 4.69) is 5.32 Å². The molecule has 1 fully saturated rings. The molecule has 0 aliphatic carbocycles. The fraction of sp³-hybridized carbons (Fsp3) is 0.533. The minimum Gasteiger partial charge on any atom is -0.386 e. The predicted octanol–water partition coefficient (Wildman–Crippen LogP) is 1.81. The molecule has 23 heavy (non-hydrogen) atoms. The molecule has 1 atom stereocenters. The Kier molecular flexibility index (Phi) is 7.70. The molecule has 8 heteroatoms. The van der Waals surface area contributed by atoms with Crippen LogP contribution in [0.5, 0.6) is 0 Å². The lowest BCUT2D eigenvalue weighted by molar-refractivity contribution is -0.136. The number of ether oxygens (including phenoxy) is 1. The molecule has 1 aromatic carbocycles. The molecule has 130 valence electrons. The topological polar surface area (TPSA) is 84.6 Å². The Bertz CT molecular complexity index is 519. The lowest BCUT2D eigenvalue weighted by Crippen LogP contribution is -2.49. The van der Waals surface area contributed by atoms with Crippen LogP contribution in [0.3, 0.4) is 0 Å². The smallest absolute Gasteiger partial charge is 0.227 e. The van der Waals surface area contributed by atoms with E-state index in [9.17, 15) is 14.3 Å². The molecule has 2 rings (SSSR count). The van der Waals surface area contributed by atoms with Gasteiger partial charge in [-0.05, 0) is 25.0 Å². The third kappa shape index (κ3) is 4.55. The summed E-state index contributed by atoms with van der Waals surface area (Å²) in [6, 6.07) is 4.16. The number of nitrogens with one attached hydrogen (secondary N) is 1. The van der Waals surface area contributed by atoms with Crippen LogP contribution in [0.15, 0.2) is 18.2 Å². The second kappa shape index (κ2) is 8.80. The summed E-state index contributed by atoms with van der Waals surface area (Å²) in [5, 5.41) is 12.9. The molecule has 1 aliphatic heterocycles. The van der Waals surface area contributed by atoms with Crippen LogP contribution in [0.2, 0.25) is 5.02 Å². The van der Waals surface area contributed by atoms with Crippen LogP contribution in [0.1, 0.15) is 24.5 Å². The van der Waals surface area contributed by atoms with E-state index in [1.807, 2.05) is 0 Å². The molecule has 1 aliphatic rings. The molecule has 1 unspecified atom stereocenters. The highest BCUT2D eigenvalue weighted by Gasteiger charge is 2.38. The van der Waals surface area contributed by atoms with Gasteiger partial charge in [0.1, 0.15) is 11.9 Å². The molecule has 0 saturated carbocycles. The maximum atomic E-state index is 13.7. The molecule has 0 spiro atoms. The summed E-state index contributed by atoms with van der Waals surface area (Å²) in [5.74, 6) is -0.848. The molecule has 0 radical (unpaired) electrons. The summed E-state index contributed by atoms with van der Waals surface area (Å²) in [6.45, 7) is 1.04. The van der Waals surface area contributed by atoms with Crippen LogP contribution in [0, 0.1) is 11.2 Å². The highest BCUT2D eigenvalue weighted by molar-refractivity contribution is 6.31. The Balaban J connectivity index is 0.00000264. The molecule has 1 aromatic rings. The van der Waals surface area contributed by atoms with Gasteiger partial charge in [-0.3, -0.25) is 4.79 Å². The number of aliphatic hydroxyl groups is 1. The van der Waals surface area contributed by atoms with Gasteiger partial charge in [-0.2, -0.15) is 0 Å². The number of rotatable bonds is 5. The first-order chi connectivity index (χ1) is 10.5. The second-order valence-electron chi connectivity index (χ2n) is 5.46. The van der Waals surface area contributed by atoms with Crippen molar-refractivity contribution in [2.24, 2.45) is 11.1 Å². The van der Waals surface area contributed by atoms with Gasteiger partial charge in [0, 0.05) is 36.9 Å². The summed E-state index contributed by atoms with van der Waals surface area (Å²) in [7, 11) is 0. The van der Waals surface area contributed by atoms with Crippen molar-refractivity contribution in [1.82, 2.24) is 5.32 Å². The Morgan fingerprint density at radius 3 is 2.70 bits per heavy atom. The van der Waals surface area contributed by atoms with Crippen molar-refractivity contribution in [3.63, 3.8) is 0 Å². The minimum absolute atomic E-state index is 0. The summed E-state index contributed by atoms with van der Waals surface area (Å²) in [6.07, 6.45) is -0.148. The lowest BCUT2D eigenvalue weighted by Gasteiger charge is -2.34. The summed E-state index contributed by atoms with van der Waals surface area (Å²) >= 11 is 5.89. The predicted molar refractivity (Wildman–Crippen MR) is 88.2 cm³/mol. The van der Waals surface area contributed by atoms with Crippen molar-refractivity contribution in [2.75, 3.05) is 26.3 Å². The first kappa shape index (κ1) is 20.1. The molecule has 5 nitrogen and oxygen atoms in total. The molecule has 0 bridgehead atoms. The van der Waals surface area contributed by atoms with Crippen LogP contribution < -0.4 is 11.1 Å². The maximum absolute atomic E-state index is 13.7. The number of hydrogen-bond acceptors (Lipinski definition) is 4. The largest absolute Gasteiger partial charge is 0.386 e. The van der Waals surface area contributed by atoms with Gasteiger partial charge in [0.2, 0.25) is 5.91 Å². The van der Waals surface area contributed by atoms with E-state index in [0.29, 0.717) is 26.1 Å². The normalized spacial score (nSPS) is 17.9. The van der Waals surface area contributed by atoms with Gasteiger partial charge in [-0.15, -0.1) is 12.4 Å². The number of benzene rings is 1. The minimum atomic E-state index is -1.22. The number of aliphatic hydroxyl groups excluding tert-OH is 1. The van der Waals surface area contributed by atoms with Gasteiger partial charge < -0.3 is 20.9 Å². The van der Waals surface area contributed by atoms with E-state index in [1.54, 1.807) is 0 Å². The molecule has 1 saturated heterocycles. The van der Waals surface area contributed by atoms with E-state index >= 15 is 0 Å². The first-order valence-corrected chi connectivity index (χ1v) is 7.56. The third-order valence-corrected chi connectivity index (χ3v) is 4.44. The number of carbonyl (C=O) groups excluding carboxylic acids is 1. The molecule has 1 heterocycles. The molecule has 1 amide bonds. The zero-order valence-corrected chi connectivity index (χ0v) is 14.1. The third-order valence-electron chi connectivity index (χ3n) is 4.11. The molecule has 0 aromatic heterocycles. The van der Waals surface area contributed by atoms with Crippen molar-refractivity contribution in [3.05, 3.63) is 34.6 Å². The van der Waals surface area contributed by atoms with E-state index in [1.165, 1.54) is 18.2 Å². The summed E-state index contributed by atoms with van der Waals surface area (Å²) in [4.78, 5) is 12.4. The summed E-state index contributed by atoms with van der Waals surface area (Å²) < 4.78 is 19.0. The Morgan fingerprint density at radius 2 is 2.13 bits per heavy atom. The van der Waals surface area contributed by atoms with Crippen LogP contribution in [-0.4, -0.2) is 37.3 Å². The number of carbonyl (C=O) groups is 1. The standard InChI is InChI=1S/C15H20ClFN2O3.ClH/c16-10-2-1-3-11(17)13(10)12(20)8-19-14(21)15(9-18)4-6-22-7-5-15;/h1-3,12,20H,4-9,18H2,(H,19,21);1H. The first-order valence-electron chi connectivity index (χ1n) is 7.18. The SMILES string of the molecule is Cl.NCC1(C(=O)NCC(O)c2c(F)cccc2Cl)CCOCC1. The lowest BCUT2D eigenvalue weighted by atomic mass is 9.79. The number of hydrogen-bond donors (Lipinski definition) is 3. The van der Waals surface area contributed by atoms with Crippen molar-refractivity contribution in [3.8, 4) is 0 Å².